The summed E-state index contributed by atoms with van der Waals surface area (Å²) in [5, 5.41) is 12.7. The number of carbonyl (C=O) groups excluding carboxylic acids is 1. The highest BCUT2D eigenvalue weighted by Gasteiger charge is 2.15. The fourth-order valence-electron chi connectivity index (χ4n) is 1.88. The maximum atomic E-state index is 11.7. The molecule has 1 heterocycles. The molecular formula is C14H16ClN3O5S2. The van der Waals surface area contributed by atoms with Gasteiger partial charge in [0.2, 0.25) is 0 Å². The Kier molecular flexibility index (Phi) is 6.87. The van der Waals surface area contributed by atoms with Gasteiger partial charge in [-0.2, -0.15) is 13.1 Å². The van der Waals surface area contributed by atoms with Crippen LogP contribution in [0.4, 0.5) is 5.13 Å². The molecule has 2 aromatic rings. The van der Waals surface area contributed by atoms with Crippen molar-refractivity contribution in [2.75, 3.05) is 19.0 Å². The number of anilines is 1. The van der Waals surface area contributed by atoms with E-state index in [0.717, 1.165) is 10.4 Å². The second kappa shape index (κ2) is 8.70. The largest absolute Gasteiger partial charge is 0.390 e. The molecule has 136 valence electrons. The topological polar surface area (TPSA) is 118 Å². The van der Waals surface area contributed by atoms with Crippen molar-refractivity contribution >= 4 is 44.3 Å². The van der Waals surface area contributed by atoms with Gasteiger partial charge >= 0.3 is 10.3 Å². The molecule has 0 fully saturated rings. The highest BCUT2D eigenvalue weighted by Crippen LogP contribution is 2.26. The first-order valence-electron chi connectivity index (χ1n) is 7.04. The monoisotopic (exact) mass is 405 g/mol. The second-order valence-electron chi connectivity index (χ2n) is 4.82. The molecule has 0 saturated carbocycles. The van der Waals surface area contributed by atoms with Crippen LogP contribution in [0.1, 0.15) is 16.1 Å². The number of aromatic nitrogens is 1. The summed E-state index contributed by atoms with van der Waals surface area (Å²) in [5.74, 6) is -0.675. The van der Waals surface area contributed by atoms with E-state index in [1.165, 1.54) is 18.4 Å². The summed E-state index contributed by atoms with van der Waals surface area (Å²) in [6, 6.07) is 7.27. The minimum Gasteiger partial charge on any atom is -0.390 e. The van der Waals surface area contributed by atoms with Crippen LogP contribution in [0.15, 0.2) is 24.3 Å². The maximum Gasteiger partial charge on any atom is 0.336 e. The third kappa shape index (κ3) is 6.03. The lowest BCUT2D eigenvalue weighted by Gasteiger charge is -2.03. The smallest absolute Gasteiger partial charge is 0.336 e. The summed E-state index contributed by atoms with van der Waals surface area (Å²) >= 11 is 7.14. The lowest BCUT2D eigenvalue weighted by molar-refractivity contribution is -0.118. The van der Waals surface area contributed by atoms with Gasteiger partial charge in [0.15, 0.2) is 5.13 Å². The van der Waals surface area contributed by atoms with Gasteiger partial charge in [-0.15, -0.1) is 11.3 Å². The van der Waals surface area contributed by atoms with Crippen molar-refractivity contribution in [3.63, 3.8) is 0 Å². The molecule has 1 amide bonds. The lowest BCUT2D eigenvalue weighted by Crippen LogP contribution is -2.27. The van der Waals surface area contributed by atoms with Crippen LogP contribution in [0.2, 0.25) is 5.02 Å². The van der Waals surface area contributed by atoms with E-state index in [4.69, 9.17) is 11.6 Å². The molecule has 1 aromatic carbocycles. The Balaban J connectivity index is 2.05. The summed E-state index contributed by atoms with van der Waals surface area (Å²) in [6.45, 7) is -0.965. The zero-order valence-electron chi connectivity index (χ0n) is 13.2. The number of carbonyl (C=O) groups is 1. The fourth-order valence-corrected chi connectivity index (χ4v) is 3.49. The lowest BCUT2D eigenvalue weighted by atomic mass is 10.1. The Bertz CT molecular complexity index is 854. The molecule has 0 atom stereocenters. The highest BCUT2D eigenvalue weighted by atomic mass is 35.5. The van der Waals surface area contributed by atoms with Gasteiger partial charge in [-0.25, -0.2) is 9.17 Å². The number of thiazole rings is 1. The fraction of sp³-hybridized carbons (Fsp3) is 0.286. The van der Waals surface area contributed by atoms with Gasteiger partial charge in [0.05, 0.1) is 12.3 Å². The van der Waals surface area contributed by atoms with Gasteiger partial charge < -0.3 is 5.11 Å². The molecule has 0 saturated heterocycles. The number of benzene rings is 1. The average Bonchev–Trinajstić information content (AvgIpc) is 2.94. The van der Waals surface area contributed by atoms with E-state index in [9.17, 15) is 18.3 Å². The average molecular weight is 406 g/mol. The van der Waals surface area contributed by atoms with E-state index in [2.05, 4.69) is 14.5 Å². The van der Waals surface area contributed by atoms with Crippen molar-refractivity contribution in [1.29, 1.82) is 0 Å². The molecular weight excluding hydrogens is 390 g/mol. The molecule has 8 nitrogen and oxygen atoms in total. The predicted molar refractivity (Wildman–Crippen MR) is 94.9 cm³/mol. The first-order valence-corrected chi connectivity index (χ1v) is 9.65. The number of nitrogens with zero attached hydrogens (tertiary/aromatic N) is 1. The molecule has 0 aliphatic heterocycles. The normalized spacial score (nSPS) is 11.5. The van der Waals surface area contributed by atoms with Crippen LogP contribution in [0.25, 0.3) is 0 Å². The number of amides is 1. The van der Waals surface area contributed by atoms with Gasteiger partial charge in [-0.05, 0) is 17.7 Å². The molecule has 25 heavy (non-hydrogen) atoms. The van der Waals surface area contributed by atoms with E-state index < -0.39 is 22.8 Å². The highest BCUT2D eigenvalue weighted by molar-refractivity contribution is 7.84. The van der Waals surface area contributed by atoms with E-state index in [1.807, 2.05) is 16.9 Å². The molecule has 0 radical (unpaired) electrons. The summed E-state index contributed by atoms with van der Waals surface area (Å²) in [6.07, 6.45) is 0.495. The molecule has 0 bridgehead atoms. The number of rotatable bonds is 8. The van der Waals surface area contributed by atoms with Gasteiger partial charge in [-0.3, -0.25) is 10.1 Å². The Morgan fingerprint density at radius 2 is 2.20 bits per heavy atom. The molecule has 1 aromatic heterocycles. The third-order valence-corrected chi connectivity index (χ3v) is 5.20. The zero-order chi connectivity index (χ0) is 18.4. The van der Waals surface area contributed by atoms with Crippen molar-refractivity contribution in [2.45, 2.75) is 13.0 Å². The van der Waals surface area contributed by atoms with Crippen LogP contribution in [0, 0.1) is 0 Å². The number of nitrogens with one attached hydrogen (secondary N) is 2. The van der Waals surface area contributed by atoms with Crippen LogP contribution >= 0.6 is 22.9 Å². The van der Waals surface area contributed by atoms with Gasteiger partial charge in [0, 0.05) is 23.4 Å². The first kappa shape index (κ1) is 19.8. The van der Waals surface area contributed by atoms with E-state index in [1.54, 1.807) is 12.1 Å². The standard InChI is InChI=1S/C14H16ClN3O5S2/c1-16-25(21,22)23-8-13(20)18-14-17-11(7-19)12(24-14)6-9-3-2-4-10(15)5-9/h2-5,16,19H,6-8H2,1H3,(H,17,18,20). The van der Waals surface area contributed by atoms with E-state index in [-0.39, 0.29) is 11.7 Å². The first-order chi connectivity index (χ1) is 11.8. The third-order valence-electron chi connectivity index (χ3n) is 3.02. The summed E-state index contributed by atoms with van der Waals surface area (Å²) in [4.78, 5) is 16.6. The number of hydrogen-bond acceptors (Lipinski definition) is 7. The summed E-state index contributed by atoms with van der Waals surface area (Å²) < 4.78 is 28.6. The summed E-state index contributed by atoms with van der Waals surface area (Å²) in [7, 11) is -2.77. The molecule has 3 N–H and O–H groups in total. The molecule has 0 aliphatic carbocycles. The number of hydrogen-bond donors (Lipinski definition) is 3. The minimum atomic E-state index is -3.94. The van der Waals surface area contributed by atoms with Crippen molar-refractivity contribution in [3.05, 3.63) is 45.4 Å². The van der Waals surface area contributed by atoms with Crippen LogP contribution in [0.3, 0.4) is 0 Å². The molecule has 0 aliphatic rings. The van der Waals surface area contributed by atoms with Gasteiger partial charge in [0.1, 0.15) is 6.61 Å². The van der Waals surface area contributed by atoms with E-state index >= 15 is 0 Å². The van der Waals surface area contributed by atoms with Crippen LogP contribution in [-0.4, -0.2) is 38.1 Å². The Morgan fingerprint density at radius 1 is 1.44 bits per heavy atom. The SMILES string of the molecule is CNS(=O)(=O)OCC(=O)Nc1nc(CO)c(Cc2cccc(Cl)c2)s1. The van der Waals surface area contributed by atoms with Crippen LogP contribution in [-0.2, 0) is 32.3 Å². The number of halogens is 1. The molecule has 0 unspecified atom stereocenters. The van der Waals surface area contributed by atoms with Crippen molar-refractivity contribution in [2.24, 2.45) is 0 Å². The number of aliphatic hydroxyl groups excluding tert-OH is 1. The van der Waals surface area contributed by atoms with Crippen molar-refractivity contribution in [3.8, 4) is 0 Å². The molecule has 0 spiro atoms. The number of aliphatic hydroxyl groups is 1. The Labute approximate surface area is 154 Å². The predicted octanol–water partition coefficient (Wildman–Crippen LogP) is 1.30. The Hall–Kier alpha value is -1.56. The van der Waals surface area contributed by atoms with Crippen molar-refractivity contribution < 1.29 is 22.5 Å². The zero-order valence-corrected chi connectivity index (χ0v) is 15.5. The van der Waals surface area contributed by atoms with Crippen LogP contribution < -0.4 is 10.0 Å². The van der Waals surface area contributed by atoms with Gasteiger partial charge in [0.25, 0.3) is 5.91 Å². The molecule has 2 rings (SSSR count). The second-order valence-corrected chi connectivity index (χ2v) is 7.89. The maximum absolute atomic E-state index is 11.7. The van der Waals surface area contributed by atoms with Crippen molar-refractivity contribution in [1.82, 2.24) is 9.71 Å². The minimum absolute atomic E-state index is 0.247. The Morgan fingerprint density at radius 3 is 2.84 bits per heavy atom. The van der Waals surface area contributed by atoms with Crippen LogP contribution in [0.5, 0.6) is 0 Å². The quantitative estimate of drug-likeness (QED) is 0.609. The van der Waals surface area contributed by atoms with Gasteiger partial charge in [-0.1, -0.05) is 23.7 Å². The van der Waals surface area contributed by atoms with E-state index in [0.29, 0.717) is 17.1 Å². The summed E-state index contributed by atoms with van der Waals surface area (Å²) in [5.41, 5.74) is 1.37. The molecule has 11 heteroatoms.